The maximum absolute atomic E-state index is 11.0. The van der Waals surface area contributed by atoms with Gasteiger partial charge in [-0.25, -0.2) is 0 Å². The number of H-pyrrole nitrogens is 1. The van der Waals surface area contributed by atoms with E-state index < -0.39 is 15.4 Å². The number of aromatic amines is 1. The normalized spacial score (nSPS) is 10.5. The van der Waals surface area contributed by atoms with Crippen LogP contribution in [0.5, 0.6) is 0 Å². The molecule has 0 aliphatic carbocycles. The molecule has 0 aliphatic rings. The second-order valence-electron chi connectivity index (χ2n) is 4.83. The van der Waals surface area contributed by atoms with Crippen LogP contribution in [-0.4, -0.2) is 20.2 Å². The Hall–Kier alpha value is -3.73. The van der Waals surface area contributed by atoms with Crippen LogP contribution in [0.3, 0.4) is 0 Å². The van der Waals surface area contributed by atoms with Crippen LogP contribution in [0.25, 0.3) is 21.9 Å². The van der Waals surface area contributed by atoms with Gasteiger partial charge in [-0.3, -0.25) is 25.0 Å². The van der Waals surface area contributed by atoms with Crippen molar-refractivity contribution in [2.24, 2.45) is 0 Å². The van der Waals surface area contributed by atoms with Crippen LogP contribution >= 0.6 is 11.6 Å². The van der Waals surface area contributed by atoms with Crippen molar-refractivity contribution < 1.29 is 18.9 Å². The number of para-hydroxylation sites is 2. The first-order chi connectivity index (χ1) is 12.4. The van der Waals surface area contributed by atoms with E-state index in [1.54, 1.807) is 6.07 Å². The lowest BCUT2D eigenvalue weighted by molar-refractivity contribution is -0.383. The minimum Gasteiger partial charge on any atom is -0.371 e. The number of nitro benzene ring substituents is 2. The molecule has 2 heterocycles. The van der Waals surface area contributed by atoms with Crippen LogP contribution in [0.15, 0.2) is 50.2 Å². The van der Waals surface area contributed by atoms with Crippen molar-refractivity contribution in [2.45, 2.75) is 0 Å². The van der Waals surface area contributed by atoms with E-state index >= 15 is 0 Å². The zero-order valence-corrected chi connectivity index (χ0v) is 13.3. The number of nitro groups is 2. The Morgan fingerprint density at radius 1 is 0.962 bits per heavy atom. The molecule has 0 fully saturated rings. The van der Waals surface area contributed by atoms with Crippen LogP contribution in [0.2, 0.25) is 5.15 Å². The molecule has 4 aromatic rings. The van der Waals surface area contributed by atoms with E-state index in [0.717, 1.165) is 0 Å². The van der Waals surface area contributed by atoms with Gasteiger partial charge in [0.25, 0.3) is 5.56 Å². The van der Waals surface area contributed by atoms with E-state index in [9.17, 15) is 25.0 Å². The standard InChI is InChI=1S/C7H3ClN2O3.C7H4N2O4/c8-7-4-2-1-3-5(10(11)12)6(4)13-9-7;10-7-4-2-1-3-5(9(11)12)6(4)13-8-7/h1-3H;1-3H,(H,8,10). The summed E-state index contributed by atoms with van der Waals surface area (Å²) in [5.74, 6) is 0. The first-order valence-corrected chi connectivity index (χ1v) is 7.21. The first-order valence-electron chi connectivity index (χ1n) is 6.83. The summed E-state index contributed by atoms with van der Waals surface area (Å²) in [6.45, 7) is 0. The maximum atomic E-state index is 11.0. The minimum atomic E-state index is -0.598. The van der Waals surface area contributed by atoms with Gasteiger partial charge in [-0.2, -0.15) is 5.16 Å². The van der Waals surface area contributed by atoms with Gasteiger partial charge in [0.2, 0.25) is 11.2 Å². The summed E-state index contributed by atoms with van der Waals surface area (Å²) < 4.78 is 9.38. The summed E-state index contributed by atoms with van der Waals surface area (Å²) in [5.41, 5.74) is -0.707. The lowest BCUT2D eigenvalue weighted by atomic mass is 10.2. The van der Waals surface area contributed by atoms with Gasteiger partial charge in [0.1, 0.15) is 0 Å². The molecule has 2 aromatic carbocycles. The average molecular weight is 379 g/mol. The number of non-ortho nitro benzene ring substituents is 2. The number of benzene rings is 2. The molecule has 0 atom stereocenters. The van der Waals surface area contributed by atoms with Crippen molar-refractivity contribution in [1.29, 1.82) is 0 Å². The number of hydrogen-bond acceptors (Lipinski definition) is 8. The lowest BCUT2D eigenvalue weighted by Crippen LogP contribution is -1.96. The number of rotatable bonds is 2. The Labute approximate surface area is 147 Å². The molecule has 2 aromatic heterocycles. The maximum Gasteiger partial charge on any atom is 0.315 e. The van der Waals surface area contributed by atoms with Crippen LogP contribution in [-0.2, 0) is 0 Å². The average Bonchev–Trinajstić information content (AvgIpc) is 3.19. The van der Waals surface area contributed by atoms with Crippen molar-refractivity contribution in [2.75, 3.05) is 0 Å². The molecule has 0 radical (unpaired) electrons. The number of nitrogens with one attached hydrogen (secondary N) is 1. The monoisotopic (exact) mass is 378 g/mol. The van der Waals surface area contributed by atoms with Gasteiger partial charge in [0.05, 0.1) is 20.6 Å². The van der Waals surface area contributed by atoms with Gasteiger partial charge in [0.15, 0.2) is 5.15 Å². The van der Waals surface area contributed by atoms with Gasteiger partial charge < -0.3 is 9.05 Å². The minimum absolute atomic E-state index is 0.0162. The molecule has 0 unspecified atom stereocenters. The molecule has 0 bridgehead atoms. The summed E-state index contributed by atoms with van der Waals surface area (Å²) in [7, 11) is 0. The van der Waals surface area contributed by atoms with Gasteiger partial charge >= 0.3 is 11.4 Å². The van der Waals surface area contributed by atoms with Gasteiger partial charge in [-0.1, -0.05) is 28.9 Å². The summed E-state index contributed by atoms with van der Waals surface area (Å²) >= 11 is 5.62. The zero-order valence-electron chi connectivity index (χ0n) is 12.5. The Balaban J connectivity index is 0.000000151. The number of fused-ring (bicyclic) bond motifs is 2. The van der Waals surface area contributed by atoms with Crippen molar-refractivity contribution in [3.63, 3.8) is 0 Å². The highest BCUT2D eigenvalue weighted by Crippen LogP contribution is 2.29. The van der Waals surface area contributed by atoms with Crippen LogP contribution in [0, 0.1) is 20.2 Å². The fraction of sp³-hybridized carbons (Fsp3) is 0. The second kappa shape index (κ2) is 6.64. The number of hydrogen-bond donors (Lipinski definition) is 1. The zero-order chi connectivity index (χ0) is 18.8. The Morgan fingerprint density at radius 3 is 2.15 bits per heavy atom. The van der Waals surface area contributed by atoms with Crippen LogP contribution in [0.4, 0.5) is 11.4 Å². The smallest absolute Gasteiger partial charge is 0.315 e. The Morgan fingerprint density at radius 2 is 1.54 bits per heavy atom. The van der Waals surface area contributed by atoms with E-state index in [-0.39, 0.29) is 33.1 Å². The molecule has 26 heavy (non-hydrogen) atoms. The van der Waals surface area contributed by atoms with Crippen molar-refractivity contribution in [1.82, 2.24) is 10.3 Å². The molecule has 0 saturated carbocycles. The summed E-state index contributed by atoms with van der Waals surface area (Å²) in [6.07, 6.45) is 0. The van der Waals surface area contributed by atoms with E-state index in [4.69, 9.17) is 16.1 Å². The number of aromatic nitrogens is 2. The third-order valence-corrected chi connectivity index (χ3v) is 3.58. The SMILES string of the molecule is O=[N+]([O-])c1cccc2c(Cl)noc12.O=c1[nH]oc2c([N+](=O)[O-])cccc12. The molecular formula is C14H7ClN4O7. The predicted molar refractivity (Wildman–Crippen MR) is 89.2 cm³/mol. The van der Waals surface area contributed by atoms with Gasteiger partial charge in [-0.15, -0.1) is 0 Å². The largest absolute Gasteiger partial charge is 0.371 e. The van der Waals surface area contributed by atoms with Crippen molar-refractivity contribution >= 4 is 44.9 Å². The summed E-state index contributed by atoms with van der Waals surface area (Å²) in [6, 6.07) is 8.66. The molecule has 4 rings (SSSR count). The number of halogens is 1. The van der Waals surface area contributed by atoms with Crippen molar-refractivity contribution in [3.8, 4) is 0 Å². The Kier molecular flexibility index (Phi) is 4.37. The molecule has 0 spiro atoms. The molecule has 132 valence electrons. The molecule has 0 saturated heterocycles. The fourth-order valence-electron chi connectivity index (χ4n) is 2.17. The first kappa shape index (κ1) is 17.1. The van der Waals surface area contributed by atoms with E-state index in [1.807, 2.05) is 5.16 Å². The van der Waals surface area contributed by atoms with E-state index in [1.165, 1.54) is 30.3 Å². The molecule has 12 heteroatoms. The van der Waals surface area contributed by atoms with Gasteiger partial charge in [0, 0.05) is 12.1 Å². The number of nitrogens with zero attached hydrogens (tertiary/aromatic N) is 3. The molecular weight excluding hydrogens is 372 g/mol. The fourth-order valence-corrected chi connectivity index (χ4v) is 2.35. The second-order valence-corrected chi connectivity index (χ2v) is 5.19. The molecule has 0 amide bonds. The molecule has 0 aliphatic heterocycles. The predicted octanol–water partition coefficient (Wildman–Crippen LogP) is 3.42. The third-order valence-electron chi connectivity index (χ3n) is 3.31. The lowest BCUT2D eigenvalue weighted by Gasteiger charge is -1.89. The topological polar surface area (TPSA) is 158 Å². The van der Waals surface area contributed by atoms with E-state index in [2.05, 4.69) is 9.68 Å². The van der Waals surface area contributed by atoms with E-state index in [0.29, 0.717) is 5.39 Å². The van der Waals surface area contributed by atoms with Gasteiger partial charge in [-0.05, 0) is 12.1 Å². The Bertz CT molecular complexity index is 1190. The highest BCUT2D eigenvalue weighted by molar-refractivity contribution is 6.34. The quantitative estimate of drug-likeness (QED) is 0.410. The summed E-state index contributed by atoms with van der Waals surface area (Å²) in [5, 5.41) is 27.2. The van der Waals surface area contributed by atoms with Crippen molar-refractivity contribution in [3.05, 3.63) is 72.1 Å². The molecule has 1 N–H and O–H groups in total. The third kappa shape index (κ3) is 2.98. The van der Waals surface area contributed by atoms with Crippen LogP contribution in [0.1, 0.15) is 0 Å². The highest BCUT2D eigenvalue weighted by atomic mass is 35.5. The highest BCUT2D eigenvalue weighted by Gasteiger charge is 2.18. The molecule has 11 nitrogen and oxygen atoms in total. The summed E-state index contributed by atoms with van der Waals surface area (Å²) in [4.78, 5) is 30.8. The van der Waals surface area contributed by atoms with Crippen LogP contribution < -0.4 is 5.56 Å².